The van der Waals surface area contributed by atoms with Gasteiger partial charge in [-0.1, -0.05) is 39.7 Å². The first-order valence-corrected chi connectivity index (χ1v) is 6.28. The number of hydrogen-bond acceptors (Lipinski definition) is 2. The van der Waals surface area contributed by atoms with Crippen molar-refractivity contribution in [2.75, 3.05) is 0 Å². The maximum absolute atomic E-state index is 6.06. The van der Waals surface area contributed by atoms with Gasteiger partial charge in [0.2, 0.25) is 0 Å². The summed E-state index contributed by atoms with van der Waals surface area (Å²) in [6, 6.07) is 13.1. The highest BCUT2D eigenvalue weighted by Crippen LogP contribution is 2.28. The molecule has 0 amide bonds. The first-order chi connectivity index (χ1) is 8.19. The average molecular weight is 313 g/mol. The molecule has 0 spiro atoms. The number of rotatable bonds is 3. The largest absolute Gasteiger partial charge is 0.457 e. The zero-order valence-electron chi connectivity index (χ0n) is 8.99. The molecular formula is C13H11BrClNO. The van der Waals surface area contributed by atoms with Crippen molar-refractivity contribution in [2.24, 2.45) is 5.73 Å². The molecule has 2 rings (SSSR count). The molecule has 0 aliphatic rings. The molecule has 0 unspecified atom stereocenters. The quantitative estimate of drug-likeness (QED) is 0.914. The van der Waals surface area contributed by atoms with Gasteiger partial charge in [0.05, 0.1) is 0 Å². The lowest BCUT2D eigenvalue weighted by molar-refractivity contribution is 0.482. The van der Waals surface area contributed by atoms with Crippen molar-refractivity contribution in [2.45, 2.75) is 6.54 Å². The molecule has 0 saturated carbocycles. The smallest absolute Gasteiger partial charge is 0.128 e. The van der Waals surface area contributed by atoms with E-state index in [-0.39, 0.29) is 0 Å². The molecule has 0 heterocycles. The second-order valence-corrected chi connectivity index (χ2v) is 4.84. The zero-order valence-corrected chi connectivity index (χ0v) is 11.3. The third-order valence-corrected chi connectivity index (χ3v) is 3.12. The zero-order chi connectivity index (χ0) is 12.3. The molecule has 4 heteroatoms. The van der Waals surface area contributed by atoms with Crippen LogP contribution < -0.4 is 10.5 Å². The van der Waals surface area contributed by atoms with Gasteiger partial charge < -0.3 is 10.5 Å². The Morgan fingerprint density at radius 1 is 1.12 bits per heavy atom. The van der Waals surface area contributed by atoms with Crippen molar-refractivity contribution in [3.63, 3.8) is 0 Å². The number of hydrogen-bond donors (Lipinski definition) is 1. The van der Waals surface area contributed by atoms with E-state index in [4.69, 9.17) is 22.1 Å². The van der Waals surface area contributed by atoms with E-state index in [2.05, 4.69) is 15.9 Å². The highest BCUT2D eigenvalue weighted by Gasteiger charge is 2.02. The Morgan fingerprint density at radius 2 is 1.88 bits per heavy atom. The Hall–Kier alpha value is -1.03. The Kier molecular flexibility index (Phi) is 4.05. The van der Waals surface area contributed by atoms with Crippen LogP contribution in [0.4, 0.5) is 0 Å². The van der Waals surface area contributed by atoms with Crippen LogP contribution in [0.3, 0.4) is 0 Å². The van der Waals surface area contributed by atoms with Crippen LogP contribution in [-0.2, 0) is 6.54 Å². The predicted molar refractivity (Wildman–Crippen MR) is 73.6 cm³/mol. The van der Waals surface area contributed by atoms with Gasteiger partial charge in [0.15, 0.2) is 0 Å². The Bertz CT molecular complexity index is 531. The highest BCUT2D eigenvalue weighted by molar-refractivity contribution is 9.10. The summed E-state index contributed by atoms with van der Waals surface area (Å²) in [6.45, 7) is 0.427. The fourth-order valence-electron chi connectivity index (χ4n) is 1.42. The van der Waals surface area contributed by atoms with Crippen molar-refractivity contribution >= 4 is 27.5 Å². The molecule has 0 aliphatic heterocycles. The monoisotopic (exact) mass is 311 g/mol. The molecule has 0 atom stereocenters. The van der Waals surface area contributed by atoms with Gasteiger partial charge in [-0.05, 0) is 35.9 Å². The first kappa shape index (κ1) is 12.4. The summed E-state index contributed by atoms with van der Waals surface area (Å²) in [5.74, 6) is 1.46. The van der Waals surface area contributed by atoms with Crippen molar-refractivity contribution in [3.05, 3.63) is 57.5 Å². The fraction of sp³-hybridized carbons (Fsp3) is 0.0769. The van der Waals surface area contributed by atoms with Gasteiger partial charge in [0.1, 0.15) is 11.5 Å². The number of benzene rings is 2. The van der Waals surface area contributed by atoms with Crippen LogP contribution in [-0.4, -0.2) is 0 Å². The van der Waals surface area contributed by atoms with Crippen LogP contribution >= 0.6 is 27.5 Å². The van der Waals surface area contributed by atoms with Crippen molar-refractivity contribution in [3.8, 4) is 11.5 Å². The van der Waals surface area contributed by atoms with E-state index in [1.807, 2.05) is 36.4 Å². The normalized spacial score (nSPS) is 10.3. The van der Waals surface area contributed by atoms with E-state index in [1.54, 1.807) is 6.07 Å². The molecule has 17 heavy (non-hydrogen) atoms. The second-order valence-electron chi connectivity index (χ2n) is 3.52. The summed E-state index contributed by atoms with van der Waals surface area (Å²) in [5, 5.41) is 0.625. The molecule has 2 N–H and O–H groups in total. The van der Waals surface area contributed by atoms with E-state index in [0.717, 1.165) is 15.8 Å². The molecule has 0 radical (unpaired) electrons. The lowest BCUT2D eigenvalue weighted by Crippen LogP contribution is -1.97. The molecule has 88 valence electrons. The predicted octanol–water partition coefficient (Wildman–Crippen LogP) is 4.35. The van der Waals surface area contributed by atoms with Crippen LogP contribution in [0.2, 0.25) is 5.02 Å². The van der Waals surface area contributed by atoms with Gasteiger partial charge in [-0.3, -0.25) is 0 Å². The van der Waals surface area contributed by atoms with E-state index in [9.17, 15) is 0 Å². The highest BCUT2D eigenvalue weighted by atomic mass is 79.9. The Labute approximate surface area is 113 Å². The number of halogens is 2. The molecular weight excluding hydrogens is 302 g/mol. The maximum Gasteiger partial charge on any atom is 0.128 e. The first-order valence-electron chi connectivity index (χ1n) is 5.11. The molecule has 0 aromatic heterocycles. The Morgan fingerprint density at radius 3 is 2.53 bits per heavy atom. The van der Waals surface area contributed by atoms with Gasteiger partial charge >= 0.3 is 0 Å². The molecule has 2 aromatic carbocycles. The topological polar surface area (TPSA) is 35.2 Å². The van der Waals surface area contributed by atoms with Crippen LogP contribution in [0.15, 0.2) is 46.9 Å². The van der Waals surface area contributed by atoms with E-state index in [0.29, 0.717) is 17.3 Å². The van der Waals surface area contributed by atoms with Gasteiger partial charge in [-0.15, -0.1) is 0 Å². The Balaban J connectivity index is 2.22. The number of ether oxygens (including phenoxy) is 1. The molecule has 0 fully saturated rings. The third-order valence-electron chi connectivity index (χ3n) is 2.28. The van der Waals surface area contributed by atoms with Gasteiger partial charge in [0.25, 0.3) is 0 Å². The third kappa shape index (κ3) is 3.22. The molecule has 0 aliphatic carbocycles. The van der Waals surface area contributed by atoms with Gasteiger partial charge in [-0.25, -0.2) is 0 Å². The van der Waals surface area contributed by atoms with Crippen LogP contribution in [0.25, 0.3) is 0 Å². The SMILES string of the molecule is NCc1ccc(Oc2cccc(Br)c2)cc1Cl. The number of nitrogens with two attached hydrogens (primary N) is 1. The maximum atomic E-state index is 6.06. The minimum absolute atomic E-state index is 0.427. The summed E-state index contributed by atoms with van der Waals surface area (Å²) in [7, 11) is 0. The standard InChI is InChI=1S/C13H11BrClNO/c14-10-2-1-3-11(6-10)17-12-5-4-9(8-16)13(15)7-12/h1-7H,8,16H2. The summed E-state index contributed by atoms with van der Waals surface area (Å²) in [5.41, 5.74) is 6.45. The summed E-state index contributed by atoms with van der Waals surface area (Å²) >= 11 is 9.45. The lowest BCUT2D eigenvalue weighted by atomic mass is 10.2. The second kappa shape index (κ2) is 5.54. The van der Waals surface area contributed by atoms with Crippen molar-refractivity contribution < 1.29 is 4.74 Å². The minimum Gasteiger partial charge on any atom is -0.457 e. The van der Waals surface area contributed by atoms with E-state index in [1.165, 1.54) is 0 Å². The van der Waals surface area contributed by atoms with Crippen LogP contribution in [0.5, 0.6) is 11.5 Å². The molecule has 2 nitrogen and oxygen atoms in total. The van der Waals surface area contributed by atoms with E-state index >= 15 is 0 Å². The molecule has 2 aromatic rings. The van der Waals surface area contributed by atoms with Gasteiger partial charge in [0, 0.05) is 16.0 Å². The van der Waals surface area contributed by atoms with Crippen molar-refractivity contribution in [1.82, 2.24) is 0 Å². The van der Waals surface area contributed by atoms with Crippen LogP contribution in [0, 0.1) is 0 Å². The molecule has 0 saturated heterocycles. The van der Waals surface area contributed by atoms with E-state index < -0.39 is 0 Å². The fourth-order valence-corrected chi connectivity index (χ4v) is 2.05. The average Bonchev–Trinajstić information content (AvgIpc) is 2.29. The summed E-state index contributed by atoms with van der Waals surface area (Å²) in [6.07, 6.45) is 0. The van der Waals surface area contributed by atoms with Gasteiger partial charge in [-0.2, -0.15) is 0 Å². The molecule has 0 bridgehead atoms. The minimum atomic E-state index is 0.427. The lowest BCUT2D eigenvalue weighted by Gasteiger charge is -2.08. The van der Waals surface area contributed by atoms with Crippen LogP contribution in [0.1, 0.15) is 5.56 Å². The van der Waals surface area contributed by atoms with Crippen molar-refractivity contribution in [1.29, 1.82) is 0 Å². The summed E-state index contributed by atoms with van der Waals surface area (Å²) in [4.78, 5) is 0. The summed E-state index contributed by atoms with van der Waals surface area (Å²) < 4.78 is 6.66.